The van der Waals surface area contributed by atoms with Crippen molar-refractivity contribution in [3.8, 4) is 0 Å². The number of alkyl halides is 3. The number of rotatable bonds is 5. The van der Waals surface area contributed by atoms with E-state index in [-0.39, 0.29) is 41.1 Å². The third kappa shape index (κ3) is 4.64. The fraction of sp³-hybridized carbons (Fsp3) is 0.400. The first-order chi connectivity index (χ1) is 16.1. The second-order valence-corrected chi connectivity index (χ2v) is 9.02. The number of imide groups is 1. The Labute approximate surface area is 195 Å². The number of piperidine rings is 1. The summed E-state index contributed by atoms with van der Waals surface area (Å²) in [6, 6.07) is 9.74. The molecule has 2 aliphatic rings. The predicted molar refractivity (Wildman–Crippen MR) is 120 cm³/mol. The van der Waals surface area contributed by atoms with Crippen molar-refractivity contribution >= 4 is 23.4 Å². The molecule has 2 aromatic rings. The van der Waals surface area contributed by atoms with Crippen LogP contribution in [0, 0.1) is 5.92 Å². The lowest BCUT2D eigenvalue weighted by Crippen LogP contribution is -2.42. The van der Waals surface area contributed by atoms with Gasteiger partial charge in [-0.3, -0.25) is 19.3 Å². The van der Waals surface area contributed by atoms with Crippen LogP contribution in [0.25, 0.3) is 0 Å². The number of nitrogens with zero attached hydrogens (tertiary/aromatic N) is 2. The zero-order valence-corrected chi connectivity index (χ0v) is 19.0. The van der Waals surface area contributed by atoms with Crippen LogP contribution in [0.5, 0.6) is 0 Å². The number of hydrogen-bond acceptors (Lipinski definition) is 4. The molecule has 2 aliphatic heterocycles. The minimum absolute atomic E-state index is 0.0199. The molecule has 0 aliphatic carbocycles. The van der Waals surface area contributed by atoms with Crippen molar-refractivity contribution in [1.82, 2.24) is 10.2 Å². The molecule has 0 bridgehead atoms. The average molecular weight is 473 g/mol. The molecule has 34 heavy (non-hydrogen) atoms. The first-order valence-electron chi connectivity index (χ1n) is 11.3. The van der Waals surface area contributed by atoms with Crippen LogP contribution in [0.4, 0.5) is 18.9 Å². The van der Waals surface area contributed by atoms with Crippen LogP contribution in [0.2, 0.25) is 0 Å². The number of carbonyl (C=O) groups excluding carboxylic acids is 3. The molecule has 1 N–H and O–H groups in total. The van der Waals surface area contributed by atoms with Crippen LogP contribution in [0.15, 0.2) is 42.5 Å². The number of fused-ring (bicyclic) bond motifs is 1. The summed E-state index contributed by atoms with van der Waals surface area (Å²) < 4.78 is 39.2. The fourth-order valence-corrected chi connectivity index (χ4v) is 4.54. The third-order valence-corrected chi connectivity index (χ3v) is 6.21. The first-order valence-corrected chi connectivity index (χ1v) is 11.3. The summed E-state index contributed by atoms with van der Waals surface area (Å²) in [4.78, 5) is 41.5. The average Bonchev–Trinajstić information content (AvgIpc) is 3.03. The summed E-state index contributed by atoms with van der Waals surface area (Å²) in [7, 11) is 0. The van der Waals surface area contributed by atoms with Crippen molar-refractivity contribution in [3.05, 3.63) is 64.7 Å². The van der Waals surface area contributed by atoms with Gasteiger partial charge in [0.05, 0.1) is 28.9 Å². The van der Waals surface area contributed by atoms with Crippen molar-refractivity contribution in [3.63, 3.8) is 0 Å². The Morgan fingerprint density at radius 2 is 1.74 bits per heavy atom. The lowest BCUT2D eigenvalue weighted by molar-refractivity contribution is -0.137. The number of anilines is 1. The summed E-state index contributed by atoms with van der Waals surface area (Å²) >= 11 is 0. The summed E-state index contributed by atoms with van der Waals surface area (Å²) in [6.45, 7) is 4.69. The van der Waals surface area contributed by atoms with Gasteiger partial charge in [-0.05, 0) is 56.5 Å². The monoisotopic (exact) mass is 473 g/mol. The van der Waals surface area contributed by atoms with E-state index >= 15 is 0 Å². The van der Waals surface area contributed by atoms with Crippen molar-refractivity contribution in [1.29, 1.82) is 0 Å². The summed E-state index contributed by atoms with van der Waals surface area (Å²) in [5.74, 6) is -1.13. The van der Waals surface area contributed by atoms with E-state index in [4.69, 9.17) is 0 Å². The first kappa shape index (κ1) is 23.8. The Bertz CT molecular complexity index is 1120. The van der Waals surface area contributed by atoms with Crippen molar-refractivity contribution in [2.45, 2.75) is 45.5 Å². The van der Waals surface area contributed by atoms with Gasteiger partial charge in [-0.2, -0.15) is 13.2 Å². The molecular formula is C25H26F3N3O3. The van der Waals surface area contributed by atoms with Gasteiger partial charge in [0.15, 0.2) is 0 Å². The molecule has 0 unspecified atom stereocenters. The highest BCUT2D eigenvalue weighted by atomic mass is 19.4. The van der Waals surface area contributed by atoms with Crippen molar-refractivity contribution < 1.29 is 27.6 Å². The van der Waals surface area contributed by atoms with Crippen LogP contribution in [0.3, 0.4) is 0 Å². The molecule has 2 aromatic carbocycles. The SMILES string of the molecule is CC(C)NC(=O)C1CCN(c2cccc3c2C(=O)N(Cc2cccc(C(F)(F)F)c2)C3=O)CC1. The number of halogens is 3. The standard InChI is InChI=1S/C25H26F3N3O3/c1-15(2)29-22(32)17-9-11-30(12-10-17)20-8-4-7-19-21(20)24(34)31(23(19)33)14-16-5-3-6-18(13-16)25(26,27)28/h3-8,13,15,17H,9-12,14H2,1-2H3,(H,29,32). The summed E-state index contributed by atoms with van der Waals surface area (Å²) in [6.07, 6.45) is -3.26. The molecule has 6 nitrogen and oxygen atoms in total. The largest absolute Gasteiger partial charge is 0.416 e. The molecule has 0 radical (unpaired) electrons. The molecular weight excluding hydrogens is 447 g/mol. The van der Waals surface area contributed by atoms with Gasteiger partial charge in [0, 0.05) is 25.0 Å². The zero-order valence-electron chi connectivity index (χ0n) is 19.0. The van der Waals surface area contributed by atoms with Gasteiger partial charge in [-0.15, -0.1) is 0 Å². The van der Waals surface area contributed by atoms with Crippen LogP contribution >= 0.6 is 0 Å². The third-order valence-electron chi connectivity index (χ3n) is 6.21. The van der Waals surface area contributed by atoms with Gasteiger partial charge < -0.3 is 10.2 Å². The maximum absolute atomic E-state index is 13.2. The maximum atomic E-state index is 13.2. The lowest BCUT2D eigenvalue weighted by Gasteiger charge is -2.34. The highest BCUT2D eigenvalue weighted by Gasteiger charge is 2.39. The zero-order chi connectivity index (χ0) is 24.6. The van der Waals surface area contributed by atoms with E-state index in [9.17, 15) is 27.6 Å². The molecule has 0 atom stereocenters. The molecule has 2 heterocycles. The van der Waals surface area contributed by atoms with Gasteiger partial charge in [-0.25, -0.2) is 0 Å². The van der Waals surface area contributed by atoms with Crippen LogP contribution in [0.1, 0.15) is 58.5 Å². The molecule has 0 saturated carbocycles. The molecule has 0 aromatic heterocycles. The van der Waals surface area contributed by atoms with Gasteiger partial charge in [0.25, 0.3) is 11.8 Å². The van der Waals surface area contributed by atoms with E-state index < -0.39 is 23.6 Å². The topological polar surface area (TPSA) is 69.7 Å². The second-order valence-electron chi connectivity index (χ2n) is 9.02. The maximum Gasteiger partial charge on any atom is 0.416 e. The van der Waals surface area contributed by atoms with E-state index in [0.29, 0.717) is 31.6 Å². The minimum atomic E-state index is -4.51. The van der Waals surface area contributed by atoms with Crippen LogP contribution in [-0.4, -0.2) is 41.8 Å². The van der Waals surface area contributed by atoms with E-state index in [1.807, 2.05) is 18.7 Å². The van der Waals surface area contributed by atoms with Gasteiger partial charge in [0.1, 0.15) is 0 Å². The molecule has 9 heteroatoms. The summed E-state index contributed by atoms with van der Waals surface area (Å²) in [5, 5.41) is 2.93. The van der Waals surface area contributed by atoms with E-state index in [1.54, 1.807) is 18.2 Å². The fourth-order valence-electron chi connectivity index (χ4n) is 4.54. The Balaban J connectivity index is 1.52. The molecule has 1 fully saturated rings. The number of hydrogen-bond donors (Lipinski definition) is 1. The minimum Gasteiger partial charge on any atom is -0.371 e. The smallest absolute Gasteiger partial charge is 0.371 e. The molecule has 0 spiro atoms. The Morgan fingerprint density at radius 3 is 2.38 bits per heavy atom. The molecule has 3 amide bonds. The lowest BCUT2D eigenvalue weighted by atomic mass is 9.94. The number of benzene rings is 2. The van der Waals surface area contributed by atoms with Gasteiger partial charge >= 0.3 is 6.18 Å². The quantitative estimate of drug-likeness (QED) is 0.660. The Kier molecular flexibility index (Phi) is 6.38. The normalized spacial score (nSPS) is 16.9. The molecule has 180 valence electrons. The highest BCUT2D eigenvalue weighted by molar-refractivity contribution is 6.23. The predicted octanol–water partition coefficient (Wildman–Crippen LogP) is 4.24. The number of amides is 3. The van der Waals surface area contributed by atoms with Gasteiger partial charge in [0.2, 0.25) is 5.91 Å². The summed E-state index contributed by atoms with van der Waals surface area (Å²) in [5.41, 5.74) is 0.526. The van der Waals surface area contributed by atoms with E-state index in [2.05, 4.69) is 5.32 Å². The Morgan fingerprint density at radius 1 is 1.06 bits per heavy atom. The number of carbonyl (C=O) groups is 3. The van der Waals surface area contributed by atoms with Crippen LogP contribution < -0.4 is 10.2 Å². The molecule has 1 saturated heterocycles. The van der Waals surface area contributed by atoms with Crippen molar-refractivity contribution in [2.75, 3.05) is 18.0 Å². The molecule has 4 rings (SSSR count). The van der Waals surface area contributed by atoms with E-state index in [1.165, 1.54) is 12.1 Å². The highest BCUT2D eigenvalue weighted by Crippen LogP contribution is 2.35. The van der Waals surface area contributed by atoms with Gasteiger partial charge in [-0.1, -0.05) is 18.2 Å². The van der Waals surface area contributed by atoms with Crippen LogP contribution in [-0.2, 0) is 17.5 Å². The Hall–Kier alpha value is -3.36. The second kappa shape index (κ2) is 9.12. The number of nitrogens with one attached hydrogen (secondary N) is 1. The van der Waals surface area contributed by atoms with E-state index in [0.717, 1.165) is 17.0 Å². The van der Waals surface area contributed by atoms with Crippen molar-refractivity contribution in [2.24, 2.45) is 5.92 Å².